The first kappa shape index (κ1) is 19.8. The summed E-state index contributed by atoms with van der Waals surface area (Å²) in [5.41, 5.74) is -0.981. The lowest BCUT2D eigenvalue weighted by Crippen LogP contribution is -2.16. The van der Waals surface area contributed by atoms with Crippen LogP contribution < -0.4 is 10.1 Å². The highest BCUT2D eigenvalue weighted by Gasteiger charge is 2.32. The monoisotopic (exact) mass is 398 g/mol. The zero-order chi connectivity index (χ0) is 20.3. The van der Waals surface area contributed by atoms with Gasteiger partial charge >= 0.3 is 23.5 Å². The number of methoxy groups -OCH3 is 3. The number of nitrogens with one attached hydrogen (secondary N) is 2. The number of carbonyl (C=O) groups excluding carboxylic acids is 3. The van der Waals surface area contributed by atoms with Crippen LogP contribution in [0.2, 0.25) is 0 Å². The van der Waals surface area contributed by atoms with Gasteiger partial charge in [0.05, 0.1) is 31.8 Å². The lowest BCUT2D eigenvalue weighted by molar-refractivity contribution is -0.386. The average Bonchev–Trinajstić information content (AvgIpc) is 3.21. The Bertz CT molecular complexity index is 932. The average molecular weight is 398 g/mol. The maximum absolute atomic E-state index is 12.5. The van der Waals surface area contributed by atoms with Crippen molar-refractivity contribution in [2.24, 2.45) is 0 Å². The third-order valence-corrected chi connectivity index (χ3v) is 4.63. The van der Waals surface area contributed by atoms with E-state index in [0.717, 1.165) is 32.7 Å². The second-order valence-electron chi connectivity index (χ2n) is 4.91. The molecule has 27 heavy (non-hydrogen) atoms. The zero-order valence-electron chi connectivity index (χ0n) is 14.6. The number of carbonyl (C=O) groups is 3. The fraction of sp³-hybridized carbons (Fsp3) is 0.286. The number of thiophene rings is 1. The summed E-state index contributed by atoms with van der Waals surface area (Å²) in [4.78, 5) is 46.8. The van der Waals surface area contributed by atoms with Crippen molar-refractivity contribution in [2.45, 2.75) is 6.92 Å². The van der Waals surface area contributed by atoms with Crippen molar-refractivity contribution in [1.29, 1.82) is 0 Å². The second kappa shape index (κ2) is 7.82. The first-order valence-electron chi connectivity index (χ1n) is 7.14. The fourth-order valence-corrected chi connectivity index (χ4v) is 3.30. The van der Waals surface area contributed by atoms with Gasteiger partial charge in [-0.25, -0.2) is 9.59 Å². The smallest absolute Gasteiger partial charge is 0.362 e. The van der Waals surface area contributed by atoms with Crippen LogP contribution in [0.15, 0.2) is 0 Å². The van der Waals surface area contributed by atoms with E-state index in [-0.39, 0.29) is 26.9 Å². The van der Waals surface area contributed by atoms with E-state index in [4.69, 9.17) is 4.74 Å². The number of aromatic nitrogens is 2. The fourth-order valence-electron chi connectivity index (χ4n) is 2.19. The standard InChI is InChI=1S/C14H14N4O8S/c1-5-6(13(20)25-3)12(27-9(5)14(21)26-4)15-10(19)7-8(18(22)23)11(24-2)17-16-7/h1-4H3,(H,15,19)(H,16,17). The molecule has 0 atom stereocenters. The van der Waals surface area contributed by atoms with Crippen LogP contribution in [0, 0.1) is 17.0 Å². The molecule has 12 nitrogen and oxygen atoms in total. The van der Waals surface area contributed by atoms with Gasteiger partial charge in [0.2, 0.25) is 5.69 Å². The molecule has 0 aliphatic rings. The van der Waals surface area contributed by atoms with Gasteiger partial charge in [-0.05, 0) is 12.5 Å². The van der Waals surface area contributed by atoms with Gasteiger partial charge in [0.25, 0.3) is 5.91 Å². The molecule has 0 bridgehead atoms. The van der Waals surface area contributed by atoms with Crippen molar-refractivity contribution >= 4 is 39.9 Å². The van der Waals surface area contributed by atoms with E-state index in [0.29, 0.717) is 0 Å². The number of hydrogen-bond donors (Lipinski definition) is 2. The lowest BCUT2D eigenvalue weighted by Gasteiger charge is -2.04. The third-order valence-electron chi connectivity index (χ3n) is 3.45. The largest absolute Gasteiger partial charge is 0.475 e. The minimum absolute atomic E-state index is 0.0346. The van der Waals surface area contributed by atoms with Gasteiger partial charge in [-0.15, -0.1) is 16.4 Å². The van der Waals surface area contributed by atoms with E-state index in [9.17, 15) is 24.5 Å². The molecule has 2 heterocycles. The Morgan fingerprint density at radius 2 is 1.81 bits per heavy atom. The highest BCUT2D eigenvalue weighted by molar-refractivity contribution is 7.18. The van der Waals surface area contributed by atoms with Crippen molar-refractivity contribution in [1.82, 2.24) is 10.2 Å². The first-order chi connectivity index (χ1) is 12.8. The number of nitro groups is 1. The summed E-state index contributed by atoms with van der Waals surface area (Å²) in [5, 5.41) is 19.3. The number of esters is 2. The van der Waals surface area contributed by atoms with Crippen LogP contribution in [0.3, 0.4) is 0 Å². The Morgan fingerprint density at radius 3 is 2.33 bits per heavy atom. The minimum atomic E-state index is -0.958. The Kier molecular flexibility index (Phi) is 5.75. The highest BCUT2D eigenvalue weighted by atomic mass is 32.1. The van der Waals surface area contributed by atoms with Crippen molar-refractivity contribution in [2.75, 3.05) is 26.6 Å². The van der Waals surface area contributed by atoms with Crippen LogP contribution in [0.25, 0.3) is 0 Å². The molecule has 0 radical (unpaired) electrons. The van der Waals surface area contributed by atoms with Gasteiger partial charge in [-0.1, -0.05) is 0 Å². The third kappa shape index (κ3) is 3.57. The summed E-state index contributed by atoms with van der Waals surface area (Å²) in [6.45, 7) is 1.48. The van der Waals surface area contributed by atoms with Crippen molar-refractivity contribution in [3.8, 4) is 5.88 Å². The number of aromatic amines is 1. The van der Waals surface area contributed by atoms with E-state index in [2.05, 4.69) is 25.0 Å². The second-order valence-corrected chi connectivity index (χ2v) is 5.93. The van der Waals surface area contributed by atoms with Crippen molar-refractivity contribution < 1.29 is 33.5 Å². The van der Waals surface area contributed by atoms with Gasteiger partial charge in [-0.2, -0.15) is 0 Å². The molecule has 0 aliphatic heterocycles. The van der Waals surface area contributed by atoms with Gasteiger partial charge < -0.3 is 19.5 Å². The topological polar surface area (TPSA) is 163 Å². The molecule has 0 aromatic carbocycles. The maximum atomic E-state index is 12.5. The molecule has 0 fully saturated rings. The van der Waals surface area contributed by atoms with Gasteiger partial charge in [0.1, 0.15) is 9.88 Å². The maximum Gasteiger partial charge on any atom is 0.362 e. The molecule has 2 aromatic rings. The predicted octanol–water partition coefficient (Wildman–Crippen LogP) is 1.52. The Morgan fingerprint density at radius 1 is 1.19 bits per heavy atom. The number of ether oxygens (including phenoxy) is 3. The molecule has 2 rings (SSSR count). The number of amides is 1. The molecular formula is C14H14N4O8S. The Labute approximate surface area is 155 Å². The summed E-state index contributed by atoms with van der Waals surface area (Å²) < 4.78 is 14.1. The normalized spacial score (nSPS) is 10.2. The summed E-state index contributed by atoms with van der Waals surface area (Å²) >= 11 is 0.770. The summed E-state index contributed by atoms with van der Waals surface area (Å²) in [6.07, 6.45) is 0. The zero-order valence-corrected chi connectivity index (χ0v) is 15.4. The molecule has 0 unspecified atom stereocenters. The molecule has 144 valence electrons. The lowest BCUT2D eigenvalue weighted by atomic mass is 10.1. The van der Waals surface area contributed by atoms with E-state index < -0.39 is 34.2 Å². The van der Waals surface area contributed by atoms with Gasteiger partial charge in [0, 0.05) is 0 Å². The number of anilines is 1. The van der Waals surface area contributed by atoms with Gasteiger partial charge in [0.15, 0.2) is 0 Å². The van der Waals surface area contributed by atoms with Crippen LogP contribution in [-0.2, 0) is 9.47 Å². The Balaban J connectivity index is 2.49. The highest BCUT2D eigenvalue weighted by Crippen LogP contribution is 2.35. The Hall–Kier alpha value is -3.48. The van der Waals surface area contributed by atoms with Crippen LogP contribution in [0.5, 0.6) is 5.88 Å². The molecule has 0 saturated heterocycles. The SMILES string of the molecule is COC(=O)c1sc(NC(=O)c2[nH]nc(OC)c2[N+](=O)[O-])c(C(=O)OC)c1C. The molecule has 0 aliphatic carbocycles. The molecular weight excluding hydrogens is 384 g/mol. The number of nitrogens with zero attached hydrogens (tertiary/aromatic N) is 2. The van der Waals surface area contributed by atoms with Crippen LogP contribution in [0.1, 0.15) is 36.1 Å². The molecule has 2 aromatic heterocycles. The van der Waals surface area contributed by atoms with E-state index >= 15 is 0 Å². The number of rotatable bonds is 6. The molecule has 2 N–H and O–H groups in total. The number of hydrogen-bond acceptors (Lipinski definition) is 10. The van der Waals surface area contributed by atoms with Crippen LogP contribution >= 0.6 is 11.3 Å². The summed E-state index contributed by atoms with van der Waals surface area (Å²) in [6, 6.07) is 0. The van der Waals surface area contributed by atoms with Crippen LogP contribution in [-0.4, -0.2) is 54.3 Å². The van der Waals surface area contributed by atoms with Crippen LogP contribution in [0.4, 0.5) is 10.7 Å². The summed E-state index contributed by atoms with van der Waals surface area (Å²) in [7, 11) is 3.46. The molecule has 13 heteroatoms. The van der Waals surface area contributed by atoms with E-state index in [1.165, 1.54) is 6.92 Å². The molecule has 0 spiro atoms. The quantitative estimate of drug-likeness (QED) is 0.417. The molecule has 0 saturated carbocycles. The number of H-pyrrole nitrogens is 1. The van der Waals surface area contributed by atoms with Gasteiger partial charge in [-0.3, -0.25) is 20.0 Å². The van der Waals surface area contributed by atoms with E-state index in [1.807, 2.05) is 0 Å². The predicted molar refractivity (Wildman–Crippen MR) is 91.5 cm³/mol. The van der Waals surface area contributed by atoms with E-state index in [1.54, 1.807) is 0 Å². The first-order valence-corrected chi connectivity index (χ1v) is 7.96. The minimum Gasteiger partial charge on any atom is -0.475 e. The summed E-state index contributed by atoms with van der Waals surface area (Å²) in [5.74, 6) is -2.85. The van der Waals surface area contributed by atoms with Crippen molar-refractivity contribution in [3.63, 3.8) is 0 Å². The molecule has 1 amide bonds. The van der Waals surface area contributed by atoms with Crippen molar-refractivity contribution in [3.05, 3.63) is 31.8 Å².